The van der Waals surface area contributed by atoms with Crippen molar-refractivity contribution in [2.24, 2.45) is 0 Å². The zero-order valence-electron chi connectivity index (χ0n) is 14.1. The van der Waals surface area contributed by atoms with E-state index in [1.807, 2.05) is 24.3 Å². The van der Waals surface area contributed by atoms with E-state index in [1.54, 1.807) is 35.9 Å². The van der Waals surface area contributed by atoms with E-state index < -0.39 is 6.04 Å². The van der Waals surface area contributed by atoms with Gasteiger partial charge >= 0.3 is 0 Å². The van der Waals surface area contributed by atoms with Gasteiger partial charge < -0.3 is 14.4 Å². The fraction of sp³-hybridized carbons (Fsp3) is 0.211. The first-order chi connectivity index (χ1) is 12.6. The highest BCUT2D eigenvalue weighted by Gasteiger charge is 2.42. The second kappa shape index (κ2) is 6.27. The highest BCUT2D eigenvalue weighted by Crippen LogP contribution is 2.33. The number of aliphatic hydroxyl groups is 1. The van der Waals surface area contributed by atoms with Crippen molar-refractivity contribution in [2.45, 2.75) is 19.1 Å². The van der Waals surface area contributed by atoms with Crippen LogP contribution in [0.2, 0.25) is 0 Å². The zero-order valence-corrected chi connectivity index (χ0v) is 14.1. The third-order valence-corrected chi connectivity index (χ3v) is 4.58. The fourth-order valence-electron chi connectivity index (χ4n) is 3.37. The van der Waals surface area contributed by atoms with E-state index >= 15 is 0 Å². The lowest BCUT2D eigenvalue weighted by molar-refractivity contribution is -0.122. The van der Waals surface area contributed by atoms with Gasteiger partial charge in [-0.3, -0.25) is 9.59 Å². The van der Waals surface area contributed by atoms with Gasteiger partial charge in [-0.25, -0.2) is 9.88 Å². The first kappa shape index (κ1) is 16.3. The van der Waals surface area contributed by atoms with Gasteiger partial charge in [0.25, 0.3) is 5.91 Å². The molecule has 1 saturated heterocycles. The first-order valence-electron chi connectivity index (χ1n) is 8.21. The summed E-state index contributed by atoms with van der Waals surface area (Å²) in [5.74, 6) is 0.395. The lowest BCUT2D eigenvalue weighted by Gasteiger charge is -2.17. The predicted octanol–water partition coefficient (Wildman–Crippen LogP) is 2.04. The van der Waals surface area contributed by atoms with Gasteiger partial charge in [0.05, 0.1) is 30.3 Å². The van der Waals surface area contributed by atoms with Crippen molar-refractivity contribution in [1.82, 2.24) is 9.55 Å². The summed E-state index contributed by atoms with van der Waals surface area (Å²) in [5.41, 5.74) is 1.90. The van der Waals surface area contributed by atoms with Crippen LogP contribution in [0.3, 0.4) is 0 Å². The molecule has 1 aliphatic rings. The van der Waals surface area contributed by atoms with Crippen LogP contribution < -0.4 is 9.64 Å². The number of carbonyl (C=O) groups excluding carboxylic acids is 2. The number of methoxy groups -OCH3 is 1. The smallest absolute Gasteiger partial charge is 0.257 e. The SMILES string of the molecule is COc1ccc(N2C(=O)C[C@H](n3c(CO)nc4ccccc43)C2=O)cc1. The van der Waals surface area contributed by atoms with E-state index in [-0.39, 0.29) is 24.8 Å². The van der Waals surface area contributed by atoms with Crippen LogP contribution in [0.15, 0.2) is 48.5 Å². The third kappa shape index (κ3) is 2.44. The number of ether oxygens (including phenoxy) is 1. The molecule has 132 valence electrons. The van der Waals surface area contributed by atoms with Crippen LogP contribution in [0.5, 0.6) is 5.75 Å². The summed E-state index contributed by atoms with van der Waals surface area (Å²) in [4.78, 5) is 31.1. The van der Waals surface area contributed by atoms with E-state index in [0.29, 0.717) is 22.8 Å². The number of aliphatic hydroxyl groups excluding tert-OH is 1. The second-order valence-electron chi connectivity index (χ2n) is 6.03. The Hall–Kier alpha value is -3.19. The molecule has 0 unspecified atom stereocenters. The summed E-state index contributed by atoms with van der Waals surface area (Å²) in [5, 5.41) is 9.67. The Labute approximate surface area is 149 Å². The molecule has 7 nitrogen and oxygen atoms in total. The topological polar surface area (TPSA) is 84.7 Å². The molecule has 0 spiro atoms. The highest BCUT2D eigenvalue weighted by molar-refractivity contribution is 6.22. The summed E-state index contributed by atoms with van der Waals surface area (Å²) in [7, 11) is 1.55. The monoisotopic (exact) mass is 351 g/mol. The van der Waals surface area contributed by atoms with Gasteiger partial charge in [0.15, 0.2) is 0 Å². The quantitative estimate of drug-likeness (QED) is 0.727. The zero-order chi connectivity index (χ0) is 18.3. The Morgan fingerprint density at radius 2 is 1.88 bits per heavy atom. The van der Waals surface area contributed by atoms with Crippen LogP contribution in [-0.2, 0) is 16.2 Å². The van der Waals surface area contributed by atoms with E-state index in [2.05, 4.69) is 4.98 Å². The molecular formula is C19H17N3O4. The average molecular weight is 351 g/mol. The molecular weight excluding hydrogens is 334 g/mol. The molecule has 2 aromatic carbocycles. The number of aromatic nitrogens is 2. The molecule has 26 heavy (non-hydrogen) atoms. The largest absolute Gasteiger partial charge is 0.497 e. The van der Waals surface area contributed by atoms with Crippen LogP contribution in [0.25, 0.3) is 11.0 Å². The van der Waals surface area contributed by atoms with Gasteiger partial charge in [-0.1, -0.05) is 12.1 Å². The maximum Gasteiger partial charge on any atom is 0.257 e. The van der Waals surface area contributed by atoms with Crippen molar-refractivity contribution in [3.05, 3.63) is 54.4 Å². The lowest BCUT2D eigenvalue weighted by Crippen LogP contribution is -2.31. The molecule has 1 N–H and O–H groups in total. The Bertz CT molecular complexity index is 994. The normalized spacial score (nSPS) is 17.3. The van der Waals surface area contributed by atoms with Gasteiger partial charge in [0.1, 0.15) is 24.2 Å². The molecule has 7 heteroatoms. The number of hydrogen-bond acceptors (Lipinski definition) is 5. The predicted molar refractivity (Wildman–Crippen MR) is 94.8 cm³/mol. The van der Waals surface area contributed by atoms with Crippen LogP contribution in [0.1, 0.15) is 18.3 Å². The summed E-state index contributed by atoms with van der Waals surface area (Å²) in [6, 6.07) is 13.4. The van der Waals surface area contributed by atoms with Crippen molar-refractivity contribution >= 4 is 28.5 Å². The summed E-state index contributed by atoms with van der Waals surface area (Å²) < 4.78 is 6.78. The number of fused-ring (bicyclic) bond motifs is 1. The van der Waals surface area contributed by atoms with Gasteiger partial charge in [0.2, 0.25) is 5.91 Å². The average Bonchev–Trinajstić information content (AvgIpc) is 3.18. The van der Waals surface area contributed by atoms with E-state index in [1.165, 1.54) is 4.90 Å². The van der Waals surface area contributed by atoms with Crippen LogP contribution in [0.4, 0.5) is 5.69 Å². The minimum Gasteiger partial charge on any atom is -0.497 e. The summed E-state index contributed by atoms with van der Waals surface area (Å²) >= 11 is 0. The van der Waals surface area contributed by atoms with Crippen molar-refractivity contribution < 1.29 is 19.4 Å². The number of imidazole rings is 1. The Morgan fingerprint density at radius 1 is 1.15 bits per heavy atom. The molecule has 1 fully saturated rings. The number of hydrogen-bond donors (Lipinski definition) is 1. The number of nitrogens with zero attached hydrogens (tertiary/aromatic N) is 3. The molecule has 2 heterocycles. The Morgan fingerprint density at radius 3 is 2.58 bits per heavy atom. The standard InChI is InChI=1S/C19H17N3O4/c1-26-13-8-6-12(7-9-13)21-18(24)10-16(19(21)25)22-15-5-3-2-4-14(15)20-17(22)11-23/h2-9,16,23H,10-11H2,1H3/t16-/m0/s1. The van der Waals surface area contributed by atoms with Crippen LogP contribution in [0, 0.1) is 0 Å². The number of para-hydroxylation sites is 2. The molecule has 2 amide bonds. The van der Waals surface area contributed by atoms with Gasteiger partial charge in [-0.2, -0.15) is 0 Å². The number of benzene rings is 2. The number of amides is 2. The van der Waals surface area contributed by atoms with E-state index in [9.17, 15) is 14.7 Å². The third-order valence-electron chi connectivity index (χ3n) is 4.58. The molecule has 1 aromatic heterocycles. The first-order valence-corrected chi connectivity index (χ1v) is 8.21. The van der Waals surface area contributed by atoms with Gasteiger partial charge in [-0.05, 0) is 36.4 Å². The Balaban J connectivity index is 1.76. The molecule has 0 radical (unpaired) electrons. The number of rotatable bonds is 4. The lowest BCUT2D eigenvalue weighted by atomic mass is 10.2. The van der Waals surface area contributed by atoms with Crippen molar-refractivity contribution in [3.8, 4) is 5.75 Å². The van der Waals surface area contributed by atoms with Gasteiger partial charge in [-0.15, -0.1) is 0 Å². The molecule has 0 aliphatic carbocycles. The minimum absolute atomic E-state index is 0.0260. The van der Waals surface area contributed by atoms with Crippen molar-refractivity contribution in [3.63, 3.8) is 0 Å². The molecule has 1 aliphatic heterocycles. The van der Waals surface area contributed by atoms with Crippen molar-refractivity contribution in [1.29, 1.82) is 0 Å². The number of carbonyl (C=O) groups is 2. The summed E-state index contributed by atoms with van der Waals surface area (Å²) in [6.45, 7) is -0.310. The van der Waals surface area contributed by atoms with Crippen molar-refractivity contribution in [2.75, 3.05) is 12.0 Å². The van der Waals surface area contributed by atoms with Gasteiger partial charge in [0, 0.05) is 0 Å². The molecule has 3 aromatic rings. The maximum absolute atomic E-state index is 13.0. The number of imide groups is 1. The molecule has 1 atom stereocenters. The fourth-order valence-corrected chi connectivity index (χ4v) is 3.37. The van der Waals surface area contributed by atoms with E-state index in [0.717, 1.165) is 5.52 Å². The summed E-state index contributed by atoms with van der Waals surface area (Å²) in [6.07, 6.45) is 0.0260. The second-order valence-corrected chi connectivity index (χ2v) is 6.03. The minimum atomic E-state index is -0.723. The van der Waals surface area contributed by atoms with E-state index in [4.69, 9.17) is 4.74 Å². The molecule has 0 bridgehead atoms. The Kier molecular flexibility index (Phi) is 3.93. The molecule has 0 saturated carbocycles. The highest BCUT2D eigenvalue weighted by atomic mass is 16.5. The number of anilines is 1. The van der Waals surface area contributed by atoms with Crippen LogP contribution >= 0.6 is 0 Å². The molecule has 4 rings (SSSR count). The van der Waals surface area contributed by atoms with Crippen LogP contribution in [-0.4, -0.2) is 33.6 Å². The maximum atomic E-state index is 13.0.